The van der Waals surface area contributed by atoms with Gasteiger partial charge in [-0.3, -0.25) is 0 Å². The fourth-order valence-corrected chi connectivity index (χ4v) is 1.44. The first kappa shape index (κ1) is 16.4. The minimum atomic E-state index is -0.114. The fourth-order valence-electron chi connectivity index (χ4n) is 1.44. The van der Waals surface area contributed by atoms with Crippen LogP contribution in [0.1, 0.15) is 27.7 Å². The van der Waals surface area contributed by atoms with Crippen molar-refractivity contribution < 1.29 is 4.74 Å². The van der Waals surface area contributed by atoms with Crippen LogP contribution in [0.25, 0.3) is 0 Å². The highest BCUT2D eigenvalue weighted by Gasteiger charge is 2.22. The van der Waals surface area contributed by atoms with Crippen molar-refractivity contribution >= 4 is 11.9 Å². The van der Waals surface area contributed by atoms with Crippen molar-refractivity contribution in [3.63, 3.8) is 0 Å². The summed E-state index contributed by atoms with van der Waals surface area (Å²) in [4.78, 5) is 16.6. The molecule has 0 unspecified atom stereocenters. The lowest BCUT2D eigenvalue weighted by Gasteiger charge is -2.31. The zero-order chi connectivity index (χ0) is 15.3. The van der Waals surface area contributed by atoms with Gasteiger partial charge in [0, 0.05) is 18.6 Å². The number of hydrogen-bond acceptors (Lipinski definition) is 7. The van der Waals surface area contributed by atoms with Gasteiger partial charge in [-0.25, -0.2) is 0 Å². The Hall–Kier alpha value is -1.63. The number of nitrogens with two attached hydrogens (primary N) is 1. The lowest BCUT2D eigenvalue weighted by molar-refractivity contribution is 0.108. The molecule has 0 aliphatic heterocycles. The van der Waals surface area contributed by atoms with E-state index in [9.17, 15) is 0 Å². The molecule has 0 saturated carbocycles. The van der Waals surface area contributed by atoms with E-state index in [-0.39, 0.29) is 17.5 Å². The molecule has 7 nitrogen and oxygen atoms in total. The molecule has 0 saturated heterocycles. The fraction of sp³-hybridized carbons (Fsp3) is 0.769. The average Bonchev–Trinajstić information content (AvgIpc) is 2.37. The monoisotopic (exact) mass is 282 g/mol. The second-order valence-electron chi connectivity index (χ2n) is 5.44. The second kappa shape index (κ2) is 6.69. The van der Waals surface area contributed by atoms with Gasteiger partial charge in [0.2, 0.25) is 11.9 Å². The Balaban J connectivity index is 2.86. The molecule has 1 heterocycles. The van der Waals surface area contributed by atoms with E-state index in [0.717, 1.165) is 13.1 Å². The molecule has 1 aromatic rings. The molecule has 0 aliphatic rings. The minimum Gasteiger partial charge on any atom is -0.461 e. The van der Waals surface area contributed by atoms with Crippen LogP contribution < -0.4 is 15.4 Å². The number of hydrogen-bond donors (Lipinski definition) is 1. The molecule has 0 atom stereocenters. The summed E-state index contributed by atoms with van der Waals surface area (Å²) in [5.74, 6) is 0.736. The van der Waals surface area contributed by atoms with E-state index in [0.29, 0.717) is 12.6 Å². The second-order valence-corrected chi connectivity index (χ2v) is 5.44. The topological polar surface area (TPSA) is 80.4 Å². The molecule has 20 heavy (non-hydrogen) atoms. The van der Waals surface area contributed by atoms with Gasteiger partial charge in [0.15, 0.2) is 0 Å². The van der Waals surface area contributed by atoms with Crippen LogP contribution in [-0.2, 0) is 0 Å². The van der Waals surface area contributed by atoms with Crippen LogP contribution in [-0.4, -0.2) is 59.2 Å². The molecule has 0 amide bonds. The van der Waals surface area contributed by atoms with Gasteiger partial charge in [0.05, 0.1) is 0 Å². The van der Waals surface area contributed by atoms with Crippen LogP contribution in [0.3, 0.4) is 0 Å². The zero-order valence-electron chi connectivity index (χ0n) is 13.3. The van der Waals surface area contributed by atoms with E-state index < -0.39 is 0 Å². The van der Waals surface area contributed by atoms with Crippen molar-refractivity contribution in [2.45, 2.75) is 33.2 Å². The number of aromatic nitrogens is 3. The molecule has 0 fully saturated rings. The van der Waals surface area contributed by atoms with E-state index in [1.54, 1.807) is 0 Å². The van der Waals surface area contributed by atoms with Crippen LogP contribution >= 0.6 is 0 Å². The first-order valence-electron chi connectivity index (χ1n) is 6.86. The van der Waals surface area contributed by atoms with E-state index >= 15 is 0 Å². The molecular formula is C13H26N6O. The van der Waals surface area contributed by atoms with Crippen molar-refractivity contribution in [1.29, 1.82) is 0 Å². The standard InChI is InChI=1S/C13H26N6O/c1-7-19(8-2)11-15-10(14)16-12(17-11)20-9-13(3,4)18(5)6/h7-9H2,1-6H3,(H2,14,15,16,17). The molecule has 2 N–H and O–H groups in total. The van der Waals surface area contributed by atoms with Gasteiger partial charge in [-0.15, -0.1) is 0 Å². The van der Waals surface area contributed by atoms with Crippen LogP contribution in [0.4, 0.5) is 11.9 Å². The minimum absolute atomic E-state index is 0.114. The molecule has 0 aliphatic carbocycles. The van der Waals surface area contributed by atoms with Gasteiger partial charge in [0.25, 0.3) is 0 Å². The highest BCUT2D eigenvalue weighted by atomic mass is 16.5. The Labute approximate surface area is 121 Å². The number of likely N-dealkylation sites (N-methyl/N-ethyl adjacent to an activating group) is 1. The van der Waals surface area contributed by atoms with E-state index in [4.69, 9.17) is 10.5 Å². The third kappa shape index (κ3) is 4.19. The van der Waals surface area contributed by atoms with Crippen LogP contribution in [0.15, 0.2) is 0 Å². The molecule has 0 radical (unpaired) electrons. The highest BCUT2D eigenvalue weighted by Crippen LogP contribution is 2.16. The SMILES string of the molecule is CCN(CC)c1nc(N)nc(OCC(C)(C)N(C)C)n1. The number of anilines is 2. The summed E-state index contributed by atoms with van der Waals surface area (Å²) in [7, 11) is 4.01. The Kier molecular flexibility index (Phi) is 5.50. The molecule has 0 bridgehead atoms. The maximum absolute atomic E-state index is 5.73. The van der Waals surface area contributed by atoms with Crippen LogP contribution in [0.5, 0.6) is 6.01 Å². The predicted molar refractivity (Wildman–Crippen MR) is 81.1 cm³/mol. The average molecular weight is 282 g/mol. The van der Waals surface area contributed by atoms with Crippen molar-refractivity contribution in [1.82, 2.24) is 19.9 Å². The van der Waals surface area contributed by atoms with Gasteiger partial charge in [0.1, 0.15) is 6.61 Å². The Bertz CT molecular complexity index is 431. The molecule has 0 aromatic carbocycles. The molecule has 1 aromatic heterocycles. The summed E-state index contributed by atoms with van der Waals surface area (Å²) in [6, 6.07) is 0.273. The zero-order valence-corrected chi connectivity index (χ0v) is 13.3. The Morgan fingerprint density at radius 3 is 2.20 bits per heavy atom. The number of nitrogens with zero attached hydrogens (tertiary/aromatic N) is 5. The Morgan fingerprint density at radius 2 is 1.70 bits per heavy atom. The summed E-state index contributed by atoms with van der Waals surface area (Å²) in [5, 5.41) is 0. The number of nitrogen functional groups attached to an aromatic ring is 1. The molecule has 114 valence electrons. The summed E-state index contributed by atoms with van der Waals surface area (Å²) in [5.41, 5.74) is 5.61. The van der Waals surface area contributed by atoms with Gasteiger partial charge in [-0.1, -0.05) is 0 Å². The van der Waals surface area contributed by atoms with Crippen LogP contribution in [0.2, 0.25) is 0 Å². The lowest BCUT2D eigenvalue weighted by Crippen LogP contribution is -2.43. The van der Waals surface area contributed by atoms with E-state index in [1.807, 2.05) is 32.8 Å². The molecule has 0 spiro atoms. The molecule has 1 rings (SSSR count). The molecule has 7 heteroatoms. The smallest absolute Gasteiger partial charge is 0.323 e. The summed E-state index contributed by atoms with van der Waals surface area (Å²) in [6.07, 6.45) is 0. The first-order chi connectivity index (χ1) is 9.30. The Morgan fingerprint density at radius 1 is 1.10 bits per heavy atom. The van der Waals surface area contributed by atoms with E-state index in [1.165, 1.54) is 0 Å². The van der Waals surface area contributed by atoms with Gasteiger partial charge >= 0.3 is 6.01 Å². The van der Waals surface area contributed by atoms with Gasteiger partial charge in [-0.05, 0) is 41.8 Å². The maximum atomic E-state index is 5.73. The normalized spacial score (nSPS) is 11.8. The van der Waals surface area contributed by atoms with Crippen molar-refractivity contribution in [2.24, 2.45) is 0 Å². The molecular weight excluding hydrogens is 256 g/mol. The predicted octanol–water partition coefficient (Wildman–Crippen LogP) is 1.02. The quantitative estimate of drug-likeness (QED) is 0.799. The summed E-state index contributed by atoms with van der Waals surface area (Å²) in [6.45, 7) is 10.3. The van der Waals surface area contributed by atoms with Crippen molar-refractivity contribution in [3.05, 3.63) is 0 Å². The maximum Gasteiger partial charge on any atom is 0.323 e. The highest BCUT2D eigenvalue weighted by molar-refractivity contribution is 5.35. The largest absolute Gasteiger partial charge is 0.461 e. The number of ether oxygens (including phenoxy) is 1. The third-order valence-corrected chi connectivity index (χ3v) is 3.43. The van der Waals surface area contributed by atoms with Crippen molar-refractivity contribution in [3.8, 4) is 6.01 Å². The van der Waals surface area contributed by atoms with Gasteiger partial charge in [-0.2, -0.15) is 15.0 Å². The lowest BCUT2D eigenvalue weighted by atomic mass is 10.1. The van der Waals surface area contributed by atoms with E-state index in [2.05, 4.69) is 33.7 Å². The van der Waals surface area contributed by atoms with Crippen molar-refractivity contribution in [2.75, 3.05) is 44.4 Å². The van der Waals surface area contributed by atoms with Crippen LogP contribution in [0, 0.1) is 0 Å². The summed E-state index contributed by atoms with van der Waals surface area (Å²) < 4.78 is 5.68. The number of rotatable bonds is 7. The first-order valence-corrected chi connectivity index (χ1v) is 6.86. The third-order valence-electron chi connectivity index (χ3n) is 3.43. The summed E-state index contributed by atoms with van der Waals surface area (Å²) >= 11 is 0. The van der Waals surface area contributed by atoms with Gasteiger partial charge < -0.3 is 20.3 Å².